The summed E-state index contributed by atoms with van der Waals surface area (Å²) in [4.78, 5) is 5.25. The zero-order valence-electron chi connectivity index (χ0n) is 11.9. The van der Waals surface area contributed by atoms with Crippen molar-refractivity contribution in [2.45, 2.75) is 19.1 Å². The van der Waals surface area contributed by atoms with Crippen LogP contribution < -0.4 is 5.32 Å². The smallest absolute Gasteiger partial charge is 0.0869 e. The minimum Gasteiger partial charge on any atom is -0.388 e. The highest BCUT2D eigenvalue weighted by atomic mass is 16.3. The van der Waals surface area contributed by atoms with Crippen LogP contribution in [0.15, 0.2) is 30.5 Å². The van der Waals surface area contributed by atoms with Crippen LogP contribution in [0.25, 0.3) is 10.9 Å². The Hall–Kier alpha value is -1.36. The summed E-state index contributed by atoms with van der Waals surface area (Å²) in [7, 11) is 3.93. The van der Waals surface area contributed by atoms with Gasteiger partial charge in [0.15, 0.2) is 0 Å². The summed E-state index contributed by atoms with van der Waals surface area (Å²) in [5.74, 6) is 0. The first-order valence-electron chi connectivity index (χ1n) is 6.61. The third kappa shape index (κ3) is 3.80. The van der Waals surface area contributed by atoms with Gasteiger partial charge in [-0.15, -0.1) is 0 Å². The van der Waals surface area contributed by atoms with E-state index in [1.165, 1.54) is 16.5 Å². The lowest BCUT2D eigenvalue weighted by molar-refractivity contribution is 0.0336. The van der Waals surface area contributed by atoms with Gasteiger partial charge in [-0.1, -0.05) is 18.2 Å². The van der Waals surface area contributed by atoms with Crippen molar-refractivity contribution in [3.8, 4) is 0 Å². The number of benzene rings is 1. The number of aliphatic hydroxyl groups is 1. The Labute approximate surface area is 114 Å². The number of H-pyrrole nitrogens is 1. The Morgan fingerprint density at radius 2 is 2.11 bits per heavy atom. The van der Waals surface area contributed by atoms with Crippen LogP contribution in [0.2, 0.25) is 0 Å². The molecule has 1 atom stereocenters. The molecule has 0 fully saturated rings. The summed E-state index contributed by atoms with van der Waals surface area (Å²) in [5, 5.41) is 14.8. The summed E-state index contributed by atoms with van der Waals surface area (Å²) in [6.07, 6.45) is 1.95. The molecule has 4 heteroatoms. The van der Waals surface area contributed by atoms with E-state index in [0.29, 0.717) is 13.1 Å². The number of nitrogens with one attached hydrogen (secondary N) is 2. The molecule has 104 valence electrons. The SMILES string of the molecule is CN(C)CC(C)(O)CNCc1cccc2cc[nH]c12. The van der Waals surface area contributed by atoms with E-state index in [9.17, 15) is 5.11 Å². The molecule has 19 heavy (non-hydrogen) atoms. The number of para-hydroxylation sites is 1. The van der Waals surface area contributed by atoms with Crippen LogP contribution in [-0.4, -0.2) is 47.8 Å². The van der Waals surface area contributed by atoms with Gasteiger partial charge in [0.25, 0.3) is 0 Å². The van der Waals surface area contributed by atoms with E-state index in [-0.39, 0.29) is 0 Å². The molecule has 0 spiro atoms. The number of likely N-dealkylation sites (N-methyl/N-ethyl adjacent to an activating group) is 1. The van der Waals surface area contributed by atoms with E-state index in [1.54, 1.807) is 0 Å². The molecule has 0 radical (unpaired) electrons. The minimum atomic E-state index is -0.715. The van der Waals surface area contributed by atoms with Gasteiger partial charge in [-0.3, -0.25) is 0 Å². The molecule has 0 aliphatic rings. The molecule has 1 unspecified atom stereocenters. The first-order chi connectivity index (χ1) is 8.98. The standard InChI is InChI=1S/C15H23N3O/c1-15(19,11-18(2)3)10-16-9-13-6-4-5-12-7-8-17-14(12)13/h4-8,16-17,19H,9-11H2,1-3H3. The molecule has 1 heterocycles. The van der Waals surface area contributed by atoms with Crippen molar-refractivity contribution >= 4 is 10.9 Å². The van der Waals surface area contributed by atoms with Gasteiger partial charge in [0.1, 0.15) is 0 Å². The molecule has 0 aliphatic heterocycles. The lowest BCUT2D eigenvalue weighted by Crippen LogP contribution is -2.45. The molecule has 0 amide bonds. The van der Waals surface area contributed by atoms with Crippen LogP contribution in [0.1, 0.15) is 12.5 Å². The van der Waals surface area contributed by atoms with Gasteiger partial charge < -0.3 is 20.3 Å². The predicted molar refractivity (Wildman–Crippen MR) is 79.2 cm³/mol. The van der Waals surface area contributed by atoms with Crippen LogP contribution in [0, 0.1) is 0 Å². The van der Waals surface area contributed by atoms with Crippen LogP contribution in [0.5, 0.6) is 0 Å². The Kier molecular flexibility index (Phi) is 4.24. The molecular formula is C15H23N3O. The molecule has 1 aromatic carbocycles. The van der Waals surface area contributed by atoms with Crippen molar-refractivity contribution in [2.75, 3.05) is 27.2 Å². The van der Waals surface area contributed by atoms with Crippen molar-refractivity contribution in [1.82, 2.24) is 15.2 Å². The van der Waals surface area contributed by atoms with Crippen molar-refractivity contribution < 1.29 is 5.11 Å². The average Bonchev–Trinajstić information content (AvgIpc) is 2.75. The van der Waals surface area contributed by atoms with Gasteiger partial charge in [-0.05, 0) is 38.0 Å². The highest BCUT2D eigenvalue weighted by Crippen LogP contribution is 2.16. The molecule has 2 aromatic rings. The minimum absolute atomic E-state index is 0.572. The molecule has 0 saturated heterocycles. The molecule has 3 N–H and O–H groups in total. The Bertz CT molecular complexity index is 531. The van der Waals surface area contributed by atoms with Crippen LogP contribution in [0.4, 0.5) is 0 Å². The summed E-state index contributed by atoms with van der Waals surface area (Å²) >= 11 is 0. The van der Waals surface area contributed by atoms with Crippen LogP contribution in [-0.2, 0) is 6.54 Å². The fourth-order valence-electron chi connectivity index (χ4n) is 2.50. The van der Waals surface area contributed by atoms with E-state index >= 15 is 0 Å². The Morgan fingerprint density at radius 1 is 1.32 bits per heavy atom. The van der Waals surface area contributed by atoms with Gasteiger partial charge in [0, 0.05) is 31.3 Å². The molecule has 0 bridgehead atoms. The fraction of sp³-hybridized carbons (Fsp3) is 0.467. The zero-order valence-corrected chi connectivity index (χ0v) is 11.9. The molecule has 0 saturated carbocycles. The molecule has 1 aromatic heterocycles. The van der Waals surface area contributed by atoms with Crippen molar-refractivity contribution in [1.29, 1.82) is 0 Å². The first kappa shape index (κ1) is 14.1. The van der Waals surface area contributed by atoms with Gasteiger partial charge in [0.05, 0.1) is 5.60 Å². The maximum Gasteiger partial charge on any atom is 0.0869 e. The highest BCUT2D eigenvalue weighted by molar-refractivity contribution is 5.82. The summed E-state index contributed by atoms with van der Waals surface area (Å²) in [6, 6.07) is 8.33. The van der Waals surface area contributed by atoms with E-state index in [4.69, 9.17) is 0 Å². The van der Waals surface area contributed by atoms with Gasteiger partial charge in [0.2, 0.25) is 0 Å². The van der Waals surface area contributed by atoms with E-state index < -0.39 is 5.60 Å². The van der Waals surface area contributed by atoms with Crippen LogP contribution >= 0.6 is 0 Å². The lowest BCUT2D eigenvalue weighted by atomic mass is 10.1. The summed E-state index contributed by atoms with van der Waals surface area (Å²) in [5.41, 5.74) is 1.68. The first-order valence-corrected chi connectivity index (χ1v) is 6.61. The maximum atomic E-state index is 10.2. The number of aromatic nitrogens is 1. The second-order valence-electron chi connectivity index (χ2n) is 5.70. The third-order valence-electron chi connectivity index (χ3n) is 3.15. The number of hydrogen-bond donors (Lipinski definition) is 3. The Morgan fingerprint density at radius 3 is 2.84 bits per heavy atom. The molecule has 2 rings (SSSR count). The van der Waals surface area contributed by atoms with Crippen molar-refractivity contribution in [2.24, 2.45) is 0 Å². The number of fused-ring (bicyclic) bond motifs is 1. The Balaban J connectivity index is 1.94. The number of hydrogen-bond acceptors (Lipinski definition) is 3. The van der Waals surface area contributed by atoms with E-state index in [1.807, 2.05) is 32.1 Å². The molecular weight excluding hydrogens is 238 g/mol. The van der Waals surface area contributed by atoms with Gasteiger partial charge >= 0.3 is 0 Å². The second-order valence-corrected chi connectivity index (χ2v) is 5.70. The normalized spacial score (nSPS) is 15.0. The molecule has 4 nitrogen and oxygen atoms in total. The van der Waals surface area contributed by atoms with E-state index in [0.717, 1.165) is 6.54 Å². The zero-order chi connectivity index (χ0) is 13.9. The van der Waals surface area contributed by atoms with Gasteiger partial charge in [-0.25, -0.2) is 0 Å². The van der Waals surface area contributed by atoms with Gasteiger partial charge in [-0.2, -0.15) is 0 Å². The number of nitrogens with zero attached hydrogens (tertiary/aromatic N) is 1. The highest BCUT2D eigenvalue weighted by Gasteiger charge is 2.20. The summed E-state index contributed by atoms with van der Waals surface area (Å²) in [6.45, 7) is 3.83. The number of aromatic amines is 1. The second kappa shape index (κ2) is 5.74. The lowest BCUT2D eigenvalue weighted by Gasteiger charge is -2.27. The van der Waals surface area contributed by atoms with E-state index in [2.05, 4.69) is 34.6 Å². The average molecular weight is 261 g/mol. The largest absolute Gasteiger partial charge is 0.388 e. The topological polar surface area (TPSA) is 51.3 Å². The number of rotatable bonds is 6. The predicted octanol–water partition coefficient (Wildman–Crippen LogP) is 1.57. The molecule has 0 aliphatic carbocycles. The van der Waals surface area contributed by atoms with Crippen molar-refractivity contribution in [3.05, 3.63) is 36.0 Å². The fourth-order valence-corrected chi connectivity index (χ4v) is 2.50. The monoisotopic (exact) mass is 261 g/mol. The third-order valence-corrected chi connectivity index (χ3v) is 3.15. The quantitative estimate of drug-likeness (QED) is 0.740. The summed E-state index contributed by atoms with van der Waals surface area (Å²) < 4.78 is 0. The van der Waals surface area contributed by atoms with Crippen LogP contribution in [0.3, 0.4) is 0 Å². The van der Waals surface area contributed by atoms with Crippen molar-refractivity contribution in [3.63, 3.8) is 0 Å². The maximum absolute atomic E-state index is 10.2.